The number of thiol groups is 1. The lowest BCUT2D eigenvalue weighted by molar-refractivity contribution is -0.123. The summed E-state index contributed by atoms with van der Waals surface area (Å²) in [5, 5.41) is 3.32. The van der Waals surface area contributed by atoms with Gasteiger partial charge < -0.3 is 14.8 Å². The SMILES string of the molecule is CC(S)NCCOCCOCCC(=O)C(C)C. The summed E-state index contributed by atoms with van der Waals surface area (Å²) < 4.78 is 10.6. The lowest BCUT2D eigenvalue weighted by atomic mass is 10.1. The Hall–Kier alpha value is -0.100. The summed E-state index contributed by atoms with van der Waals surface area (Å²) in [6.45, 7) is 8.82. The van der Waals surface area contributed by atoms with E-state index in [1.54, 1.807) is 0 Å². The molecule has 0 amide bonds. The monoisotopic (exact) mass is 263 g/mol. The molecule has 0 aromatic heterocycles. The Morgan fingerprint density at radius 2 is 1.71 bits per heavy atom. The van der Waals surface area contributed by atoms with E-state index in [1.165, 1.54) is 0 Å². The van der Waals surface area contributed by atoms with Crippen LogP contribution in [0.1, 0.15) is 27.2 Å². The lowest BCUT2D eigenvalue weighted by Crippen LogP contribution is -2.25. The molecule has 0 fully saturated rings. The summed E-state index contributed by atoms with van der Waals surface area (Å²) in [6, 6.07) is 0. The molecular formula is C12H25NO3S. The van der Waals surface area contributed by atoms with Gasteiger partial charge in [-0.2, -0.15) is 12.6 Å². The van der Waals surface area contributed by atoms with Gasteiger partial charge >= 0.3 is 0 Å². The molecule has 0 spiro atoms. The van der Waals surface area contributed by atoms with E-state index in [0.717, 1.165) is 6.54 Å². The predicted octanol–water partition coefficient (Wildman–Crippen LogP) is 1.50. The van der Waals surface area contributed by atoms with Gasteiger partial charge in [0.25, 0.3) is 0 Å². The molecule has 0 saturated heterocycles. The molecule has 0 aliphatic heterocycles. The fraction of sp³-hybridized carbons (Fsp3) is 0.917. The van der Waals surface area contributed by atoms with Gasteiger partial charge in [-0.15, -0.1) is 0 Å². The molecular weight excluding hydrogens is 238 g/mol. The molecule has 0 heterocycles. The normalized spacial score (nSPS) is 13.0. The van der Waals surface area contributed by atoms with E-state index in [1.807, 2.05) is 20.8 Å². The van der Waals surface area contributed by atoms with Crippen molar-refractivity contribution in [2.75, 3.05) is 33.0 Å². The molecule has 1 atom stereocenters. The molecule has 102 valence electrons. The molecule has 17 heavy (non-hydrogen) atoms. The van der Waals surface area contributed by atoms with Crippen LogP contribution in [0, 0.1) is 5.92 Å². The molecule has 0 saturated carbocycles. The molecule has 1 N–H and O–H groups in total. The molecule has 0 aliphatic rings. The summed E-state index contributed by atoms with van der Waals surface area (Å²) >= 11 is 4.18. The smallest absolute Gasteiger partial charge is 0.137 e. The second-order valence-corrected chi connectivity index (χ2v) is 5.00. The van der Waals surface area contributed by atoms with E-state index in [4.69, 9.17) is 9.47 Å². The van der Waals surface area contributed by atoms with Crippen molar-refractivity contribution < 1.29 is 14.3 Å². The van der Waals surface area contributed by atoms with Crippen LogP contribution >= 0.6 is 12.6 Å². The van der Waals surface area contributed by atoms with Crippen LogP contribution in [0.2, 0.25) is 0 Å². The third-order valence-electron chi connectivity index (χ3n) is 2.19. The van der Waals surface area contributed by atoms with E-state index in [2.05, 4.69) is 17.9 Å². The first-order valence-corrected chi connectivity index (χ1v) is 6.65. The Morgan fingerprint density at radius 1 is 1.12 bits per heavy atom. The van der Waals surface area contributed by atoms with Gasteiger partial charge in [-0.05, 0) is 6.92 Å². The van der Waals surface area contributed by atoms with Crippen LogP contribution in [0.4, 0.5) is 0 Å². The average Bonchev–Trinajstić information content (AvgIpc) is 2.25. The van der Waals surface area contributed by atoms with Crippen molar-refractivity contribution in [3.63, 3.8) is 0 Å². The first-order chi connectivity index (χ1) is 8.04. The average molecular weight is 263 g/mol. The second-order valence-electron chi connectivity index (χ2n) is 4.23. The van der Waals surface area contributed by atoms with E-state index >= 15 is 0 Å². The summed E-state index contributed by atoms with van der Waals surface area (Å²) in [7, 11) is 0. The highest BCUT2D eigenvalue weighted by molar-refractivity contribution is 7.80. The van der Waals surface area contributed by atoms with E-state index in [-0.39, 0.29) is 17.1 Å². The van der Waals surface area contributed by atoms with Crippen molar-refractivity contribution in [3.05, 3.63) is 0 Å². The number of Topliss-reactive ketones (excluding diaryl/α,β-unsaturated/α-hetero) is 1. The minimum absolute atomic E-state index is 0.101. The Kier molecular flexibility index (Phi) is 11.0. The molecule has 0 aromatic carbocycles. The van der Waals surface area contributed by atoms with Gasteiger partial charge in [0.05, 0.1) is 26.4 Å². The Labute approximate surface area is 110 Å². The number of carbonyl (C=O) groups excluding carboxylic acids is 1. The van der Waals surface area contributed by atoms with Gasteiger partial charge in [-0.1, -0.05) is 13.8 Å². The van der Waals surface area contributed by atoms with Gasteiger partial charge in [-0.25, -0.2) is 0 Å². The van der Waals surface area contributed by atoms with Crippen LogP contribution in [0.15, 0.2) is 0 Å². The highest BCUT2D eigenvalue weighted by Gasteiger charge is 2.05. The van der Waals surface area contributed by atoms with Gasteiger partial charge in [0.2, 0.25) is 0 Å². The lowest BCUT2D eigenvalue weighted by Gasteiger charge is -2.08. The van der Waals surface area contributed by atoms with Crippen molar-refractivity contribution in [1.29, 1.82) is 0 Å². The molecule has 1 unspecified atom stereocenters. The fourth-order valence-corrected chi connectivity index (χ4v) is 1.25. The quantitative estimate of drug-likeness (QED) is 0.337. The molecule has 4 nitrogen and oxygen atoms in total. The molecule has 0 rings (SSSR count). The van der Waals surface area contributed by atoms with Crippen molar-refractivity contribution in [2.24, 2.45) is 5.92 Å². The van der Waals surface area contributed by atoms with E-state index < -0.39 is 0 Å². The van der Waals surface area contributed by atoms with Gasteiger partial charge in [-0.3, -0.25) is 4.79 Å². The van der Waals surface area contributed by atoms with Crippen LogP contribution in [0.25, 0.3) is 0 Å². The van der Waals surface area contributed by atoms with Crippen molar-refractivity contribution in [2.45, 2.75) is 32.6 Å². The van der Waals surface area contributed by atoms with Crippen LogP contribution < -0.4 is 5.32 Å². The number of ketones is 1. The molecule has 0 bridgehead atoms. The van der Waals surface area contributed by atoms with Crippen molar-refractivity contribution >= 4 is 18.4 Å². The third kappa shape index (κ3) is 12.2. The zero-order valence-electron chi connectivity index (χ0n) is 11.1. The van der Waals surface area contributed by atoms with Gasteiger partial charge in [0.15, 0.2) is 0 Å². The van der Waals surface area contributed by atoms with Crippen molar-refractivity contribution in [3.8, 4) is 0 Å². The van der Waals surface area contributed by atoms with Gasteiger partial charge in [0.1, 0.15) is 5.78 Å². The molecule has 0 aromatic rings. The number of carbonyl (C=O) groups is 1. The largest absolute Gasteiger partial charge is 0.379 e. The van der Waals surface area contributed by atoms with Crippen LogP contribution in [0.3, 0.4) is 0 Å². The van der Waals surface area contributed by atoms with Gasteiger partial charge in [0, 0.05) is 24.3 Å². The Balaban J connectivity index is 3.11. The maximum Gasteiger partial charge on any atom is 0.137 e. The number of rotatable bonds is 11. The van der Waals surface area contributed by atoms with Crippen molar-refractivity contribution in [1.82, 2.24) is 5.32 Å². The first-order valence-electron chi connectivity index (χ1n) is 6.13. The summed E-state index contributed by atoms with van der Waals surface area (Å²) in [5.74, 6) is 0.349. The Morgan fingerprint density at radius 3 is 2.24 bits per heavy atom. The number of ether oxygens (including phenoxy) is 2. The zero-order valence-corrected chi connectivity index (χ0v) is 12.0. The van der Waals surface area contributed by atoms with E-state index in [9.17, 15) is 4.79 Å². The van der Waals surface area contributed by atoms with Crippen LogP contribution in [-0.4, -0.2) is 44.1 Å². The minimum atomic E-state index is 0.101. The topological polar surface area (TPSA) is 47.6 Å². The number of nitrogens with one attached hydrogen (secondary N) is 1. The fourth-order valence-electron chi connectivity index (χ4n) is 1.12. The maximum atomic E-state index is 11.3. The summed E-state index contributed by atoms with van der Waals surface area (Å²) in [4.78, 5) is 11.3. The first kappa shape index (κ1) is 16.9. The number of hydrogen-bond acceptors (Lipinski definition) is 5. The maximum absolute atomic E-state index is 11.3. The third-order valence-corrected chi connectivity index (χ3v) is 2.38. The summed E-state index contributed by atoms with van der Waals surface area (Å²) in [6.07, 6.45) is 0.496. The zero-order chi connectivity index (χ0) is 13.1. The standard InChI is InChI=1S/C12H25NO3S/c1-10(2)12(14)4-6-15-8-9-16-7-5-13-11(3)17/h10-11,13,17H,4-9H2,1-3H3. The molecule has 0 aliphatic carbocycles. The molecule has 0 radical (unpaired) electrons. The van der Waals surface area contributed by atoms with Crippen LogP contribution in [-0.2, 0) is 14.3 Å². The number of hydrogen-bond donors (Lipinski definition) is 2. The Bertz CT molecular complexity index is 198. The van der Waals surface area contributed by atoms with E-state index in [0.29, 0.717) is 32.8 Å². The van der Waals surface area contributed by atoms with Crippen LogP contribution in [0.5, 0.6) is 0 Å². The predicted molar refractivity (Wildman–Crippen MR) is 72.6 cm³/mol. The second kappa shape index (κ2) is 11.0. The highest BCUT2D eigenvalue weighted by Crippen LogP contribution is 1.98. The molecule has 5 heteroatoms. The highest BCUT2D eigenvalue weighted by atomic mass is 32.1. The summed E-state index contributed by atoms with van der Waals surface area (Å²) in [5.41, 5.74) is 0. The minimum Gasteiger partial charge on any atom is -0.379 e.